The summed E-state index contributed by atoms with van der Waals surface area (Å²) in [6.45, 7) is 2.95. The van der Waals surface area contributed by atoms with Crippen LogP contribution in [-0.4, -0.2) is 23.3 Å². The van der Waals surface area contributed by atoms with Gasteiger partial charge in [0.2, 0.25) is 0 Å². The lowest BCUT2D eigenvalue weighted by Crippen LogP contribution is -2.34. The molecule has 1 aromatic heterocycles. The van der Waals surface area contributed by atoms with Gasteiger partial charge in [0.1, 0.15) is 0 Å². The molecular weight excluding hydrogens is 264 g/mol. The van der Waals surface area contributed by atoms with Crippen molar-refractivity contribution in [2.45, 2.75) is 25.9 Å². The Morgan fingerprint density at radius 1 is 1.33 bits per heavy atom. The highest BCUT2D eigenvalue weighted by molar-refractivity contribution is 5.82. The van der Waals surface area contributed by atoms with Crippen LogP contribution in [-0.2, 0) is 4.74 Å². The Labute approximate surface area is 124 Å². The molecule has 3 rings (SSSR count). The second-order valence-electron chi connectivity index (χ2n) is 5.65. The minimum Gasteiger partial charge on any atom is -0.387 e. The molecule has 0 amide bonds. The van der Waals surface area contributed by atoms with Gasteiger partial charge in [-0.3, -0.25) is 4.98 Å². The lowest BCUT2D eigenvalue weighted by Gasteiger charge is -2.35. The lowest BCUT2D eigenvalue weighted by molar-refractivity contribution is -0.0304. The molecule has 4 nitrogen and oxygen atoms in total. The third-order valence-corrected chi connectivity index (χ3v) is 4.30. The first-order valence-electron chi connectivity index (χ1n) is 7.20. The van der Waals surface area contributed by atoms with Crippen LogP contribution >= 0.6 is 0 Å². The van der Waals surface area contributed by atoms with Gasteiger partial charge >= 0.3 is 0 Å². The van der Waals surface area contributed by atoms with Gasteiger partial charge in [-0.05, 0) is 37.5 Å². The Bertz CT molecular complexity index is 699. The normalized spacial score (nSPS) is 19.1. The standard InChI is InChI=1S/C17H18N2O2/c1-12-10-14(13-4-2-3-5-15(13)19-12)16(20)17(11-18)6-8-21-9-7-17/h2-5,10,16,20H,6-9H2,1H3. The molecule has 1 atom stereocenters. The maximum atomic E-state index is 10.9. The number of pyridine rings is 1. The van der Waals surface area contributed by atoms with E-state index in [1.54, 1.807) is 0 Å². The van der Waals surface area contributed by atoms with Crippen molar-refractivity contribution in [2.24, 2.45) is 5.41 Å². The highest BCUT2D eigenvalue weighted by Crippen LogP contribution is 2.43. The van der Waals surface area contributed by atoms with E-state index in [9.17, 15) is 10.4 Å². The van der Waals surface area contributed by atoms with Crippen molar-refractivity contribution in [3.63, 3.8) is 0 Å². The Morgan fingerprint density at radius 2 is 2.05 bits per heavy atom. The number of nitrogens with zero attached hydrogens (tertiary/aromatic N) is 2. The summed E-state index contributed by atoms with van der Waals surface area (Å²) in [6.07, 6.45) is 0.291. The minimum atomic E-state index is -0.821. The predicted octanol–water partition coefficient (Wildman–Crippen LogP) is 2.90. The summed E-state index contributed by atoms with van der Waals surface area (Å²) in [5, 5.41) is 21.5. The van der Waals surface area contributed by atoms with E-state index in [2.05, 4.69) is 11.1 Å². The van der Waals surface area contributed by atoms with Gasteiger partial charge in [-0.25, -0.2) is 0 Å². The number of aliphatic hydroxyl groups is 1. The molecule has 1 N–H and O–H groups in total. The first kappa shape index (κ1) is 14.0. The second kappa shape index (κ2) is 5.44. The number of hydrogen-bond donors (Lipinski definition) is 1. The van der Waals surface area contributed by atoms with E-state index < -0.39 is 11.5 Å². The van der Waals surface area contributed by atoms with Gasteiger partial charge in [0.15, 0.2) is 0 Å². The molecule has 1 aliphatic heterocycles. The molecule has 21 heavy (non-hydrogen) atoms. The minimum absolute atomic E-state index is 0.520. The molecule has 0 bridgehead atoms. The molecule has 0 aliphatic carbocycles. The van der Waals surface area contributed by atoms with Crippen molar-refractivity contribution >= 4 is 10.9 Å². The fourth-order valence-corrected chi connectivity index (χ4v) is 3.05. The number of para-hydroxylation sites is 1. The van der Waals surface area contributed by atoms with Gasteiger partial charge in [-0.15, -0.1) is 0 Å². The third kappa shape index (κ3) is 2.39. The summed E-state index contributed by atoms with van der Waals surface area (Å²) in [7, 11) is 0. The maximum Gasteiger partial charge on any atom is 0.0985 e. The topological polar surface area (TPSA) is 66.1 Å². The van der Waals surface area contributed by atoms with E-state index in [-0.39, 0.29) is 0 Å². The number of hydrogen-bond acceptors (Lipinski definition) is 4. The smallest absolute Gasteiger partial charge is 0.0985 e. The van der Waals surface area contributed by atoms with E-state index in [4.69, 9.17) is 4.74 Å². The summed E-state index contributed by atoms with van der Waals surface area (Å²) in [5.41, 5.74) is 1.73. The maximum absolute atomic E-state index is 10.9. The van der Waals surface area contributed by atoms with Crippen LogP contribution in [0.2, 0.25) is 0 Å². The SMILES string of the molecule is Cc1cc(C(O)C2(C#N)CCOCC2)c2ccccc2n1. The lowest BCUT2D eigenvalue weighted by atomic mass is 9.73. The first-order chi connectivity index (χ1) is 10.2. The van der Waals surface area contributed by atoms with Crippen molar-refractivity contribution in [1.82, 2.24) is 4.98 Å². The largest absolute Gasteiger partial charge is 0.387 e. The third-order valence-electron chi connectivity index (χ3n) is 4.30. The molecule has 1 aliphatic rings. The Hall–Kier alpha value is -1.96. The van der Waals surface area contributed by atoms with Crippen molar-refractivity contribution in [1.29, 1.82) is 5.26 Å². The highest BCUT2D eigenvalue weighted by atomic mass is 16.5. The van der Waals surface area contributed by atoms with Crippen molar-refractivity contribution in [3.05, 3.63) is 41.6 Å². The molecule has 2 heterocycles. The number of nitriles is 1. The van der Waals surface area contributed by atoms with Crippen molar-refractivity contribution in [2.75, 3.05) is 13.2 Å². The Morgan fingerprint density at radius 3 is 2.76 bits per heavy atom. The monoisotopic (exact) mass is 282 g/mol. The quantitative estimate of drug-likeness (QED) is 0.919. The molecule has 1 unspecified atom stereocenters. The number of rotatable bonds is 2. The Kier molecular flexibility index (Phi) is 3.62. The molecule has 108 valence electrons. The molecule has 0 radical (unpaired) electrons. The molecule has 1 fully saturated rings. The fourth-order valence-electron chi connectivity index (χ4n) is 3.05. The zero-order valence-electron chi connectivity index (χ0n) is 12.0. The van der Waals surface area contributed by atoms with E-state index in [0.717, 1.165) is 22.2 Å². The molecule has 0 spiro atoms. The summed E-state index contributed by atoms with van der Waals surface area (Å²) in [6, 6.07) is 12.0. The molecule has 2 aromatic rings. The van der Waals surface area contributed by atoms with E-state index >= 15 is 0 Å². The van der Waals surface area contributed by atoms with Crippen LogP contribution in [0, 0.1) is 23.7 Å². The summed E-state index contributed by atoms with van der Waals surface area (Å²) < 4.78 is 5.35. The number of benzene rings is 1. The summed E-state index contributed by atoms with van der Waals surface area (Å²) in [5.74, 6) is 0. The molecule has 1 saturated heterocycles. The second-order valence-corrected chi connectivity index (χ2v) is 5.65. The van der Waals surface area contributed by atoms with Gasteiger partial charge in [0, 0.05) is 24.3 Å². The Balaban J connectivity index is 2.13. The zero-order valence-corrected chi connectivity index (χ0v) is 12.0. The van der Waals surface area contributed by atoms with Crippen LogP contribution in [0.5, 0.6) is 0 Å². The van der Waals surface area contributed by atoms with Crippen LogP contribution in [0.3, 0.4) is 0 Å². The predicted molar refractivity (Wildman–Crippen MR) is 79.5 cm³/mol. The first-order valence-corrected chi connectivity index (χ1v) is 7.20. The van der Waals surface area contributed by atoms with Crippen LogP contribution in [0.25, 0.3) is 10.9 Å². The van der Waals surface area contributed by atoms with Gasteiger partial charge in [-0.2, -0.15) is 5.26 Å². The zero-order chi connectivity index (χ0) is 14.9. The summed E-state index contributed by atoms with van der Waals surface area (Å²) >= 11 is 0. The van der Waals surface area contributed by atoms with Crippen LogP contribution in [0.15, 0.2) is 30.3 Å². The molecule has 0 saturated carbocycles. The fraction of sp³-hybridized carbons (Fsp3) is 0.412. The number of aryl methyl sites for hydroxylation is 1. The van der Waals surface area contributed by atoms with Crippen molar-refractivity contribution in [3.8, 4) is 6.07 Å². The van der Waals surface area contributed by atoms with Crippen molar-refractivity contribution < 1.29 is 9.84 Å². The molecule has 4 heteroatoms. The average molecular weight is 282 g/mol. The highest BCUT2D eigenvalue weighted by Gasteiger charge is 2.41. The number of fused-ring (bicyclic) bond motifs is 1. The molecular formula is C17H18N2O2. The van der Waals surface area contributed by atoms with E-state index in [1.807, 2.05) is 37.3 Å². The van der Waals surface area contributed by atoms with Gasteiger partial charge in [0.05, 0.1) is 23.1 Å². The van der Waals surface area contributed by atoms with Gasteiger partial charge in [-0.1, -0.05) is 18.2 Å². The average Bonchev–Trinajstić information content (AvgIpc) is 2.54. The number of aromatic nitrogens is 1. The van der Waals surface area contributed by atoms with Gasteiger partial charge in [0.25, 0.3) is 0 Å². The number of ether oxygens (including phenoxy) is 1. The van der Waals surface area contributed by atoms with E-state index in [0.29, 0.717) is 26.1 Å². The van der Waals surface area contributed by atoms with E-state index in [1.165, 1.54) is 0 Å². The van der Waals surface area contributed by atoms with Gasteiger partial charge < -0.3 is 9.84 Å². The molecule has 1 aromatic carbocycles. The van der Waals surface area contributed by atoms with Crippen LogP contribution in [0.1, 0.15) is 30.2 Å². The summed E-state index contributed by atoms with van der Waals surface area (Å²) in [4.78, 5) is 4.49. The number of aliphatic hydroxyl groups excluding tert-OH is 1. The van der Waals surface area contributed by atoms with Crippen LogP contribution in [0.4, 0.5) is 0 Å². The van der Waals surface area contributed by atoms with Crippen LogP contribution < -0.4 is 0 Å².